The van der Waals surface area contributed by atoms with Gasteiger partial charge in [-0.2, -0.15) is 0 Å². The Hall–Kier alpha value is -8.00. The summed E-state index contributed by atoms with van der Waals surface area (Å²) in [6.07, 6.45) is 5.42. The topological polar surface area (TPSA) is 177 Å². The number of amides is 2. The van der Waals surface area contributed by atoms with Crippen molar-refractivity contribution in [1.29, 1.82) is 0 Å². The van der Waals surface area contributed by atoms with Gasteiger partial charge in [0, 0.05) is 48.1 Å². The van der Waals surface area contributed by atoms with Crippen LogP contribution in [0, 0.1) is 41.5 Å². The van der Waals surface area contributed by atoms with Crippen molar-refractivity contribution in [2.75, 3.05) is 0 Å². The van der Waals surface area contributed by atoms with Crippen molar-refractivity contribution >= 4 is 45.8 Å². The predicted molar refractivity (Wildman–Crippen MR) is 300 cm³/mol. The Labute approximate surface area is 455 Å². The van der Waals surface area contributed by atoms with Crippen molar-refractivity contribution in [3.05, 3.63) is 186 Å². The number of hydrogen-bond donors (Lipinski definition) is 2. The fourth-order valence-corrected chi connectivity index (χ4v) is 13.5. The van der Waals surface area contributed by atoms with E-state index in [1.165, 1.54) is 11.1 Å². The standard InChI is InChI=1S/2C32H34N4O3/c2*1-5-35-29-13-11-24(20(4)31(29)33-34-35)26(17-30(37)38)22-9-8-21-15-23-10-12-28(27(21)16-22)36(23)32(39)25-14-18(2)6-7-19(25)3/h2*6-9,11,13-14,16,23,26,28H,5,10,12,15,17H2,1-4H3,(H,37,38)/t23-,26+,28+;23-,26-,28+/m00/s1. The number of benzene rings is 6. The number of nitrogens with zero attached hydrogens (tertiary/aromatic N) is 8. The molecule has 0 aliphatic carbocycles. The SMILES string of the molecule is CCn1nnc2c(C)c([C@@H](CC(=O)O)c3ccc4c(c3)[C@H]3CC[C@@H](C4)N3C(=O)c3cc(C)ccc3C)ccc21.CCn1nnc2c(C)c([C@H](CC(=O)O)c3ccc4c(c3)[C@H]3CC[C@@H](C4)N3C(=O)c3cc(C)ccc3C)ccc21. The minimum absolute atomic E-state index is 0.00428. The van der Waals surface area contributed by atoms with Gasteiger partial charge < -0.3 is 20.0 Å². The first kappa shape index (κ1) is 52.1. The third-order valence-electron chi connectivity index (χ3n) is 17.6. The lowest BCUT2D eigenvalue weighted by atomic mass is 9.82. The summed E-state index contributed by atoms with van der Waals surface area (Å²) >= 11 is 0. The molecule has 6 atom stereocenters. The largest absolute Gasteiger partial charge is 0.481 e. The summed E-state index contributed by atoms with van der Waals surface area (Å²) in [7, 11) is 0. The van der Waals surface area contributed by atoms with Crippen LogP contribution in [0.5, 0.6) is 0 Å². The number of carboxylic acids is 2. The molecule has 2 fully saturated rings. The zero-order valence-corrected chi connectivity index (χ0v) is 45.9. The molecule has 6 aromatic carbocycles. The first-order valence-electron chi connectivity index (χ1n) is 27.7. The molecule has 0 unspecified atom stereocenters. The summed E-state index contributed by atoms with van der Waals surface area (Å²) in [5.74, 6) is -2.15. The van der Waals surface area contributed by atoms with E-state index in [0.29, 0.717) is 0 Å². The van der Waals surface area contributed by atoms with Crippen LogP contribution in [0.4, 0.5) is 0 Å². The van der Waals surface area contributed by atoms with Crippen molar-refractivity contribution < 1.29 is 29.4 Å². The van der Waals surface area contributed by atoms with Gasteiger partial charge in [-0.05, 0) is 185 Å². The average Bonchev–Trinajstić information content (AvgIpc) is 4.35. The van der Waals surface area contributed by atoms with Gasteiger partial charge in [0.2, 0.25) is 0 Å². The molecule has 0 saturated carbocycles. The number of rotatable bonds is 12. The van der Waals surface area contributed by atoms with Crippen LogP contribution in [0.2, 0.25) is 0 Å². The highest BCUT2D eigenvalue weighted by molar-refractivity contribution is 5.97. The summed E-state index contributed by atoms with van der Waals surface area (Å²) in [6.45, 7) is 17.5. The summed E-state index contributed by atoms with van der Waals surface area (Å²) in [5.41, 5.74) is 19.9. The van der Waals surface area contributed by atoms with Crippen LogP contribution >= 0.6 is 0 Å². The van der Waals surface area contributed by atoms with E-state index in [4.69, 9.17) is 0 Å². The van der Waals surface area contributed by atoms with Gasteiger partial charge in [-0.25, -0.2) is 9.36 Å². The molecular formula is C64H68N8O6. The van der Waals surface area contributed by atoms with E-state index in [-0.39, 0.29) is 60.7 Å². The van der Waals surface area contributed by atoms with Crippen molar-refractivity contribution in [1.82, 2.24) is 39.8 Å². The summed E-state index contributed by atoms with van der Waals surface area (Å²) < 4.78 is 3.71. The van der Waals surface area contributed by atoms with Gasteiger partial charge in [0.25, 0.3) is 11.8 Å². The molecule has 6 heterocycles. The quantitative estimate of drug-likeness (QED) is 0.120. The highest BCUT2D eigenvalue weighted by Gasteiger charge is 2.45. The lowest BCUT2D eigenvalue weighted by molar-refractivity contribution is -0.138. The maximum absolute atomic E-state index is 13.9. The Balaban J connectivity index is 0.000000165. The molecule has 78 heavy (non-hydrogen) atoms. The number of fused-ring (bicyclic) bond motifs is 10. The van der Waals surface area contributed by atoms with Crippen LogP contribution in [0.15, 0.2) is 97.1 Å². The van der Waals surface area contributed by atoms with Gasteiger partial charge in [-0.15, -0.1) is 10.2 Å². The van der Waals surface area contributed by atoms with Crippen LogP contribution < -0.4 is 0 Å². The Kier molecular flexibility index (Phi) is 13.9. The summed E-state index contributed by atoms with van der Waals surface area (Å²) in [6, 6.07) is 33.4. The minimum atomic E-state index is -0.845. The van der Waals surface area contributed by atoms with Crippen LogP contribution in [-0.2, 0) is 35.5 Å². The minimum Gasteiger partial charge on any atom is -0.481 e. The molecule has 4 bridgehead atoms. The lowest BCUT2D eigenvalue weighted by Crippen LogP contribution is -2.42. The zero-order valence-electron chi connectivity index (χ0n) is 45.9. The zero-order chi connectivity index (χ0) is 54.8. The molecule has 0 spiro atoms. The molecule has 4 aliphatic heterocycles. The molecular weight excluding hydrogens is 977 g/mol. The third kappa shape index (κ3) is 9.22. The van der Waals surface area contributed by atoms with Crippen molar-refractivity contribution in [3.63, 3.8) is 0 Å². The van der Waals surface area contributed by atoms with Crippen molar-refractivity contribution in [2.24, 2.45) is 0 Å². The molecule has 8 aromatic rings. The van der Waals surface area contributed by atoms with Gasteiger partial charge in [-0.3, -0.25) is 19.2 Å². The Morgan fingerprint density at radius 1 is 0.526 bits per heavy atom. The van der Waals surface area contributed by atoms with E-state index in [2.05, 4.69) is 66.8 Å². The number of carbonyl (C=O) groups excluding carboxylic acids is 2. The Morgan fingerprint density at radius 3 is 1.32 bits per heavy atom. The second kappa shape index (κ2) is 20.8. The number of aryl methyl sites for hydroxylation is 8. The molecule has 0 radical (unpaired) electrons. The molecule has 14 heteroatoms. The fraction of sp³-hybridized carbons (Fsp3) is 0.375. The van der Waals surface area contributed by atoms with Gasteiger partial charge in [0.1, 0.15) is 11.0 Å². The van der Waals surface area contributed by atoms with Gasteiger partial charge in [-0.1, -0.05) is 94.4 Å². The number of carboxylic acid groups (broad SMARTS) is 2. The molecule has 4 aliphatic rings. The first-order valence-corrected chi connectivity index (χ1v) is 27.7. The van der Waals surface area contributed by atoms with E-state index >= 15 is 0 Å². The number of aliphatic carboxylic acids is 2. The van der Waals surface area contributed by atoms with Gasteiger partial charge in [0.05, 0.1) is 36.0 Å². The summed E-state index contributed by atoms with van der Waals surface area (Å²) in [4.78, 5) is 56.1. The fourth-order valence-electron chi connectivity index (χ4n) is 13.5. The van der Waals surface area contributed by atoms with Crippen molar-refractivity contribution in [2.45, 2.75) is 156 Å². The number of hydrogen-bond acceptors (Lipinski definition) is 8. The van der Waals surface area contributed by atoms with Gasteiger partial charge >= 0.3 is 11.9 Å². The van der Waals surface area contributed by atoms with E-state index in [0.717, 1.165) is 152 Å². The second-order valence-electron chi connectivity index (χ2n) is 22.3. The maximum atomic E-state index is 13.9. The monoisotopic (exact) mass is 1040 g/mol. The summed E-state index contributed by atoms with van der Waals surface area (Å²) in [5, 5.41) is 37.1. The highest BCUT2D eigenvalue weighted by Crippen LogP contribution is 2.48. The van der Waals surface area contributed by atoms with E-state index in [1.54, 1.807) is 0 Å². The van der Waals surface area contributed by atoms with Crippen LogP contribution in [0.1, 0.15) is 175 Å². The Bertz CT molecular complexity index is 3480. The van der Waals surface area contributed by atoms with Crippen LogP contribution in [0.25, 0.3) is 22.1 Å². The molecule has 2 amide bonds. The molecule has 2 saturated heterocycles. The van der Waals surface area contributed by atoms with Crippen LogP contribution in [-0.4, -0.2) is 85.8 Å². The maximum Gasteiger partial charge on any atom is 0.304 e. The van der Waals surface area contributed by atoms with E-state index in [9.17, 15) is 29.4 Å². The first-order chi connectivity index (χ1) is 37.5. The van der Waals surface area contributed by atoms with Crippen molar-refractivity contribution in [3.8, 4) is 0 Å². The number of carbonyl (C=O) groups is 4. The predicted octanol–water partition coefficient (Wildman–Crippen LogP) is 11.8. The highest BCUT2D eigenvalue weighted by atomic mass is 16.4. The molecule has 400 valence electrons. The lowest BCUT2D eigenvalue weighted by Gasteiger charge is -2.37. The average molecular weight is 1050 g/mol. The Morgan fingerprint density at radius 2 is 0.936 bits per heavy atom. The molecule has 14 nitrogen and oxygen atoms in total. The third-order valence-corrected chi connectivity index (χ3v) is 17.6. The van der Waals surface area contributed by atoms with E-state index < -0.39 is 11.9 Å². The smallest absolute Gasteiger partial charge is 0.304 e. The molecule has 2 N–H and O–H groups in total. The van der Waals surface area contributed by atoms with Crippen LogP contribution in [0.3, 0.4) is 0 Å². The second-order valence-corrected chi connectivity index (χ2v) is 22.3. The molecule has 2 aromatic heterocycles. The molecule has 12 rings (SSSR count). The normalized spacial score (nSPS) is 18.8. The van der Waals surface area contributed by atoms with E-state index in [1.807, 2.05) is 125 Å². The number of aromatic nitrogens is 6. The van der Waals surface area contributed by atoms with Gasteiger partial charge in [0.15, 0.2) is 0 Å².